The van der Waals surface area contributed by atoms with Crippen LogP contribution in [-0.4, -0.2) is 25.3 Å². The third-order valence-corrected chi connectivity index (χ3v) is 4.05. The highest BCUT2D eigenvalue weighted by Gasteiger charge is 2.27. The van der Waals surface area contributed by atoms with Crippen LogP contribution in [0.15, 0.2) is 18.2 Å². The molecule has 19 heavy (non-hydrogen) atoms. The van der Waals surface area contributed by atoms with Crippen LogP contribution < -0.4 is 10.6 Å². The lowest BCUT2D eigenvalue weighted by Gasteiger charge is -2.40. The molecule has 3 atom stereocenters. The Labute approximate surface area is 120 Å². The Morgan fingerprint density at radius 3 is 2.84 bits per heavy atom. The number of rotatable bonds is 3. The summed E-state index contributed by atoms with van der Waals surface area (Å²) in [5, 5.41) is 0.780. The highest BCUT2D eigenvalue weighted by Crippen LogP contribution is 2.32. The molecule has 1 aliphatic heterocycles. The predicted octanol–water partition coefficient (Wildman–Crippen LogP) is 3.36. The minimum absolute atomic E-state index is 0.0112. The van der Waals surface area contributed by atoms with Crippen molar-refractivity contribution in [2.75, 3.05) is 18.1 Å². The van der Waals surface area contributed by atoms with Gasteiger partial charge in [0.15, 0.2) is 0 Å². The number of hydrogen-bond acceptors (Lipinski definition) is 3. The topological polar surface area (TPSA) is 38.5 Å². The first kappa shape index (κ1) is 14.6. The number of anilines is 1. The number of nitrogens with two attached hydrogens (primary N) is 1. The second-order valence-corrected chi connectivity index (χ2v) is 5.77. The molecule has 0 radical (unpaired) electrons. The fourth-order valence-corrected chi connectivity index (χ4v) is 2.81. The number of morpholine rings is 1. The molecule has 0 spiro atoms. The van der Waals surface area contributed by atoms with E-state index in [2.05, 4.69) is 30.9 Å². The van der Waals surface area contributed by atoms with Crippen molar-refractivity contribution in [3.63, 3.8) is 0 Å². The van der Waals surface area contributed by atoms with Crippen LogP contribution in [0.2, 0.25) is 5.02 Å². The SMILES string of the molecule is CCC1COC(C)CN1c1ccc([C@@H](C)N)cc1Cl. The van der Waals surface area contributed by atoms with Gasteiger partial charge in [-0.2, -0.15) is 0 Å². The van der Waals surface area contributed by atoms with E-state index >= 15 is 0 Å². The van der Waals surface area contributed by atoms with Gasteiger partial charge in [-0.1, -0.05) is 24.6 Å². The van der Waals surface area contributed by atoms with E-state index in [0.717, 1.165) is 35.8 Å². The van der Waals surface area contributed by atoms with Gasteiger partial charge in [-0.3, -0.25) is 0 Å². The number of hydrogen-bond donors (Lipinski definition) is 1. The fraction of sp³-hybridized carbons (Fsp3) is 0.600. The maximum absolute atomic E-state index is 6.44. The maximum Gasteiger partial charge on any atom is 0.0723 e. The third kappa shape index (κ3) is 3.22. The quantitative estimate of drug-likeness (QED) is 0.924. The first-order chi connectivity index (χ1) is 9.02. The summed E-state index contributed by atoms with van der Waals surface area (Å²) in [7, 11) is 0. The van der Waals surface area contributed by atoms with Gasteiger partial charge in [0.25, 0.3) is 0 Å². The average Bonchev–Trinajstić information content (AvgIpc) is 2.38. The minimum atomic E-state index is 0.0112. The highest BCUT2D eigenvalue weighted by atomic mass is 35.5. The first-order valence-corrected chi connectivity index (χ1v) is 7.34. The van der Waals surface area contributed by atoms with Crippen molar-refractivity contribution in [3.05, 3.63) is 28.8 Å². The number of benzene rings is 1. The predicted molar refractivity (Wildman–Crippen MR) is 80.9 cm³/mol. The lowest BCUT2D eigenvalue weighted by Crippen LogP contribution is -2.48. The zero-order valence-corrected chi connectivity index (χ0v) is 12.7. The Morgan fingerprint density at radius 1 is 1.53 bits per heavy atom. The third-order valence-electron chi connectivity index (χ3n) is 3.75. The van der Waals surface area contributed by atoms with Crippen molar-refractivity contribution < 1.29 is 4.74 Å². The van der Waals surface area contributed by atoms with Gasteiger partial charge in [0.1, 0.15) is 0 Å². The standard InChI is InChI=1S/C15H23ClN2O/c1-4-13-9-19-10(2)8-18(13)15-6-5-12(11(3)17)7-14(15)16/h5-7,10-11,13H,4,8-9,17H2,1-3H3/t10?,11-,13?/m1/s1. The van der Waals surface area contributed by atoms with Crippen molar-refractivity contribution in [1.82, 2.24) is 0 Å². The molecule has 0 saturated carbocycles. The van der Waals surface area contributed by atoms with Crippen LogP contribution >= 0.6 is 11.6 Å². The molecule has 2 rings (SSSR count). The van der Waals surface area contributed by atoms with E-state index in [1.807, 2.05) is 13.0 Å². The number of nitrogens with zero attached hydrogens (tertiary/aromatic N) is 1. The molecule has 0 bridgehead atoms. The van der Waals surface area contributed by atoms with E-state index in [1.165, 1.54) is 0 Å². The van der Waals surface area contributed by atoms with Crippen LogP contribution in [-0.2, 0) is 4.74 Å². The van der Waals surface area contributed by atoms with E-state index in [4.69, 9.17) is 22.1 Å². The number of ether oxygens (including phenoxy) is 1. The first-order valence-electron chi connectivity index (χ1n) is 6.96. The minimum Gasteiger partial charge on any atom is -0.375 e. The molecule has 1 aromatic rings. The normalized spacial score (nSPS) is 25.4. The van der Waals surface area contributed by atoms with E-state index in [0.29, 0.717) is 6.04 Å². The highest BCUT2D eigenvalue weighted by molar-refractivity contribution is 6.33. The Kier molecular flexibility index (Phi) is 4.71. The van der Waals surface area contributed by atoms with Gasteiger partial charge in [-0.05, 0) is 38.0 Å². The van der Waals surface area contributed by atoms with Crippen molar-refractivity contribution >= 4 is 17.3 Å². The van der Waals surface area contributed by atoms with Crippen molar-refractivity contribution in [2.24, 2.45) is 5.73 Å². The summed E-state index contributed by atoms with van der Waals surface area (Å²) in [6, 6.07) is 6.54. The maximum atomic E-state index is 6.44. The lowest BCUT2D eigenvalue weighted by molar-refractivity contribution is 0.0300. The molecule has 1 heterocycles. The molecule has 2 N–H and O–H groups in total. The van der Waals surface area contributed by atoms with Gasteiger partial charge in [0, 0.05) is 12.6 Å². The molecule has 0 amide bonds. The largest absolute Gasteiger partial charge is 0.375 e. The van der Waals surface area contributed by atoms with Crippen molar-refractivity contribution in [3.8, 4) is 0 Å². The summed E-state index contributed by atoms with van der Waals surface area (Å²) in [6.07, 6.45) is 1.30. The van der Waals surface area contributed by atoms with Gasteiger partial charge in [-0.15, -0.1) is 0 Å². The lowest BCUT2D eigenvalue weighted by atomic mass is 10.1. The summed E-state index contributed by atoms with van der Waals surface area (Å²) in [4.78, 5) is 2.36. The molecular weight excluding hydrogens is 260 g/mol. The van der Waals surface area contributed by atoms with Crippen molar-refractivity contribution in [1.29, 1.82) is 0 Å². The molecule has 0 aromatic heterocycles. The second kappa shape index (κ2) is 6.12. The van der Waals surface area contributed by atoms with Crippen LogP contribution in [0.5, 0.6) is 0 Å². The molecule has 106 valence electrons. The van der Waals surface area contributed by atoms with Crippen LogP contribution in [0.3, 0.4) is 0 Å². The summed E-state index contributed by atoms with van der Waals surface area (Å²) in [5.74, 6) is 0. The fourth-order valence-electron chi connectivity index (χ4n) is 2.52. The summed E-state index contributed by atoms with van der Waals surface area (Å²) < 4.78 is 5.73. The second-order valence-electron chi connectivity index (χ2n) is 5.36. The molecule has 1 aliphatic rings. The van der Waals surface area contributed by atoms with E-state index in [1.54, 1.807) is 0 Å². The van der Waals surface area contributed by atoms with Gasteiger partial charge < -0.3 is 15.4 Å². The zero-order valence-electron chi connectivity index (χ0n) is 11.9. The van der Waals surface area contributed by atoms with E-state index in [9.17, 15) is 0 Å². The van der Waals surface area contributed by atoms with Gasteiger partial charge >= 0.3 is 0 Å². The molecule has 4 heteroatoms. The molecule has 1 aromatic carbocycles. The summed E-state index contributed by atoms with van der Waals surface area (Å²) in [5.41, 5.74) is 8.06. The molecule has 1 saturated heterocycles. The number of halogens is 1. The summed E-state index contributed by atoms with van der Waals surface area (Å²) in [6.45, 7) is 7.90. The van der Waals surface area contributed by atoms with Crippen LogP contribution in [0.1, 0.15) is 38.8 Å². The Bertz CT molecular complexity index is 436. The van der Waals surface area contributed by atoms with Crippen LogP contribution in [0.4, 0.5) is 5.69 Å². The molecule has 3 nitrogen and oxygen atoms in total. The Hall–Kier alpha value is -0.770. The molecule has 0 aliphatic carbocycles. The Balaban J connectivity index is 2.28. The van der Waals surface area contributed by atoms with E-state index in [-0.39, 0.29) is 12.1 Å². The van der Waals surface area contributed by atoms with E-state index < -0.39 is 0 Å². The zero-order chi connectivity index (χ0) is 14.0. The summed E-state index contributed by atoms with van der Waals surface area (Å²) >= 11 is 6.44. The smallest absolute Gasteiger partial charge is 0.0723 e. The molecule has 1 fully saturated rings. The van der Waals surface area contributed by atoms with Gasteiger partial charge in [-0.25, -0.2) is 0 Å². The average molecular weight is 283 g/mol. The van der Waals surface area contributed by atoms with Gasteiger partial charge in [0.2, 0.25) is 0 Å². The monoisotopic (exact) mass is 282 g/mol. The van der Waals surface area contributed by atoms with Crippen molar-refractivity contribution in [2.45, 2.75) is 45.4 Å². The van der Waals surface area contributed by atoms with Gasteiger partial charge in [0.05, 0.1) is 29.5 Å². The molecular formula is C15H23ClN2O. The molecule has 2 unspecified atom stereocenters. The van der Waals surface area contributed by atoms with Crippen LogP contribution in [0.25, 0.3) is 0 Å². The van der Waals surface area contributed by atoms with Crippen LogP contribution in [0, 0.1) is 0 Å². The Morgan fingerprint density at radius 2 is 2.26 bits per heavy atom.